The molecule has 0 unspecified atom stereocenters. The van der Waals surface area contributed by atoms with Crippen LogP contribution in [0.15, 0.2) is 24.3 Å². The van der Waals surface area contributed by atoms with Crippen molar-refractivity contribution in [3.05, 3.63) is 34.8 Å². The second-order valence-corrected chi connectivity index (χ2v) is 5.33. The Morgan fingerprint density at radius 1 is 1.50 bits per heavy atom. The maximum Gasteiger partial charge on any atom is 0.267 e. The van der Waals surface area contributed by atoms with Crippen molar-refractivity contribution in [2.45, 2.75) is 20.3 Å². The molecule has 0 fully saturated rings. The lowest BCUT2D eigenvalue weighted by Gasteiger charge is -2.08. The minimum absolute atomic E-state index is 0.204. The molecule has 0 spiro atoms. The van der Waals surface area contributed by atoms with E-state index in [0.29, 0.717) is 28.0 Å². The van der Waals surface area contributed by atoms with Gasteiger partial charge >= 0.3 is 0 Å². The standard InChI is InChI=1S/C14H17N3O2S/c1-3-7-19-11-6-4-5-10(8-11)17-13(18)12-9(2)16-14(15)20-12/h4-6,8H,3,7H2,1-2H3,(H2,15,16)(H,17,18). The molecule has 2 rings (SSSR count). The van der Waals surface area contributed by atoms with Gasteiger partial charge in [0, 0.05) is 11.8 Å². The van der Waals surface area contributed by atoms with E-state index in [0.717, 1.165) is 12.2 Å². The Morgan fingerprint density at radius 3 is 2.95 bits per heavy atom. The number of nitrogens with one attached hydrogen (secondary N) is 1. The Labute approximate surface area is 121 Å². The van der Waals surface area contributed by atoms with Crippen molar-refractivity contribution in [3.8, 4) is 5.75 Å². The molecule has 1 aromatic carbocycles. The van der Waals surface area contributed by atoms with Gasteiger partial charge in [0.1, 0.15) is 10.6 Å². The Hall–Kier alpha value is -2.08. The molecule has 1 amide bonds. The second kappa shape index (κ2) is 6.38. The third-order valence-corrected chi connectivity index (χ3v) is 3.57. The summed E-state index contributed by atoms with van der Waals surface area (Å²) in [6.45, 7) is 4.47. The SMILES string of the molecule is CCCOc1cccc(NC(=O)c2sc(N)nc2C)c1. The molecule has 6 heteroatoms. The van der Waals surface area contributed by atoms with Crippen molar-refractivity contribution in [2.75, 3.05) is 17.7 Å². The van der Waals surface area contributed by atoms with E-state index in [4.69, 9.17) is 10.5 Å². The van der Waals surface area contributed by atoms with Crippen LogP contribution in [0.5, 0.6) is 5.75 Å². The molecule has 3 N–H and O–H groups in total. The molecular weight excluding hydrogens is 274 g/mol. The molecule has 0 radical (unpaired) electrons. The van der Waals surface area contributed by atoms with Crippen LogP contribution in [0.25, 0.3) is 0 Å². The van der Waals surface area contributed by atoms with E-state index in [1.165, 1.54) is 11.3 Å². The summed E-state index contributed by atoms with van der Waals surface area (Å²) in [6, 6.07) is 7.32. The van der Waals surface area contributed by atoms with E-state index in [2.05, 4.69) is 10.3 Å². The van der Waals surface area contributed by atoms with Crippen LogP contribution in [0, 0.1) is 6.92 Å². The summed E-state index contributed by atoms with van der Waals surface area (Å²) in [5.41, 5.74) is 6.93. The van der Waals surface area contributed by atoms with Gasteiger partial charge in [-0.05, 0) is 25.5 Å². The minimum Gasteiger partial charge on any atom is -0.494 e. The van der Waals surface area contributed by atoms with Crippen LogP contribution < -0.4 is 15.8 Å². The van der Waals surface area contributed by atoms with Crippen LogP contribution in [0.2, 0.25) is 0 Å². The molecule has 0 saturated heterocycles. The van der Waals surface area contributed by atoms with E-state index < -0.39 is 0 Å². The molecule has 0 bridgehead atoms. The first kappa shape index (κ1) is 14.3. The average Bonchev–Trinajstić information content (AvgIpc) is 2.76. The number of nitrogen functional groups attached to an aromatic ring is 1. The summed E-state index contributed by atoms with van der Waals surface area (Å²) in [5.74, 6) is 0.537. The van der Waals surface area contributed by atoms with Gasteiger partial charge in [-0.2, -0.15) is 0 Å². The predicted octanol–water partition coefficient (Wildman–Crippen LogP) is 3.07. The highest BCUT2D eigenvalue weighted by Gasteiger charge is 2.14. The maximum atomic E-state index is 12.1. The van der Waals surface area contributed by atoms with Crippen LogP contribution in [0.3, 0.4) is 0 Å². The Kier molecular flexibility index (Phi) is 4.57. The lowest BCUT2D eigenvalue weighted by Crippen LogP contribution is -2.11. The first-order valence-corrected chi connectivity index (χ1v) is 7.19. The molecule has 1 heterocycles. The average molecular weight is 291 g/mol. The molecule has 0 atom stereocenters. The zero-order chi connectivity index (χ0) is 14.5. The molecular formula is C14H17N3O2S. The first-order chi connectivity index (χ1) is 9.60. The molecule has 106 valence electrons. The summed E-state index contributed by atoms with van der Waals surface area (Å²) in [7, 11) is 0. The van der Waals surface area contributed by atoms with Crippen molar-refractivity contribution in [2.24, 2.45) is 0 Å². The van der Waals surface area contributed by atoms with Crippen molar-refractivity contribution >= 4 is 28.1 Å². The number of amides is 1. The normalized spacial score (nSPS) is 10.3. The zero-order valence-corrected chi connectivity index (χ0v) is 12.3. The van der Waals surface area contributed by atoms with E-state index in [9.17, 15) is 4.79 Å². The smallest absolute Gasteiger partial charge is 0.267 e. The second-order valence-electron chi connectivity index (χ2n) is 4.30. The number of rotatable bonds is 5. The van der Waals surface area contributed by atoms with Gasteiger partial charge in [-0.3, -0.25) is 4.79 Å². The molecule has 0 aliphatic carbocycles. The van der Waals surface area contributed by atoms with Gasteiger partial charge in [-0.15, -0.1) is 0 Å². The highest BCUT2D eigenvalue weighted by atomic mass is 32.1. The van der Waals surface area contributed by atoms with Gasteiger partial charge in [0.2, 0.25) is 0 Å². The fourth-order valence-corrected chi connectivity index (χ4v) is 2.43. The van der Waals surface area contributed by atoms with Gasteiger partial charge in [0.05, 0.1) is 12.3 Å². The predicted molar refractivity (Wildman–Crippen MR) is 81.4 cm³/mol. The summed E-state index contributed by atoms with van der Waals surface area (Å²) in [5, 5.41) is 3.22. The number of carbonyl (C=O) groups excluding carboxylic acids is 1. The van der Waals surface area contributed by atoms with Crippen molar-refractivity contribution in [1.82, 2.24) is 4.98 Å². The highest BCUT2D eigenvalue weighted by molar-refractivity contribution is 7.17. The number of aromatic nitrogens is 1. The van der Waals surface area contributed by atoms with E-state index in [-0.39, 0.29) is 5.91 Å². The zero-order valence-electron chi connectivity index (χ0n) is 11.5. The molecule has 20 heavy (non-hydrogen) atoms. The lowest BCUT2D eigenvalue weighted by atomic mass is 10.3. The van der Waals surface area contributed by atoms with Crippen LogP contribution in [-0.2, 0) is 0 Å². The first-order valence-electron chi connectivity index (χ1n) is 6.37. The van der Waals surface area contributed by atoms with Gasteiger partial charge in [0.15, 0.2) is 5.13 Å². The fourth-order valence-electron chi connectivity index (χ4n) is 1.70. The molecule has 5 nitrogen and oxygen atoms in total. The summed E-state index contributed by atoms with van der Waals surface area (Å²) in [4.78, 5) is 16.7. The van der Waals surface area contributed by atoms with Crippen LogP contribution in [-0.4, -0.2) is 17.5 Å². The topological polar surface area (TPSA) is 77.2 Å². The quantitative estimate of drug-likeness (QED) is 0.887. The molecule has 2 aromatic rings. The number of hydrogen-bond donors (Lipinski definition) is 2. The number of nitrogens with zero attached hydrogens (tertiary/aromatic N) is 1. The Morgan fingerprint density at radius 2 is 2.30 bits per heavy atom. The largest absolute Gasteiger partial charge is 0.494 e. The summed E-state index contributed by atoms with van der Waals surface area (Å²) in [6.07, 6.45) is 0.940. The van der Waals surface area contributed by atoms with E-state index in [1.807, 2.05) is 25.1 Å². The number of hydrogen-bond acceptors (Lipinski definition) is 5. The van der Waals surface area contributed by atoms with E-state index >= 15 is 0 Å². The van der Waals surface area contributed by atoms with Crippen molar-refractivity contribution in [1.29, 1.82) is 0 Å². The molecule has 1 aromatic heterocycles. The summed E-state index contributed by atoms with van der Waals surface area (Å²) >= 11 is 1.18. The fraction of sp³-hybridized carbons (Fsp3) is 0.286. The number of benzene rings is 1. The Balaban J connectivity index is 2.09. The molecule has 0 saturated carbocycles. The maximum absolute atomic E-state index is 12.1. The third-order valence-electron chi connectivity index (χ3n) is 2.58. The van der Waals surface area contributed by atoms with Crippen molar-refractivity contribution in [3.63, 3.8) is 0 Å². The number of anilines is 2. The number of aryl methyl sites for hydroxylation is 1. The van der Waals surface area contributed by atoms with Crippen molar-refractivity contribution < 1.29 is 9.53 Å². The molecule has 0 aliphatic heterocycles. The summed E-state index contributed by atoms with van der Waals surface area (Å²) < 4.78 is 5.53. The van der Waals surface area contributed by atoms with Crippen LogP contribution >= 0.6 is 11.3 Å². The number of thiazole rings is 1. The van der Waals surface area contributed by atoms with Crippen LogP contribution in [0.4, 0.5) is 10.8 Å². The minimum atomic E-state index is -0.204. The third kappa shape index (κ3) is 3.48. The monoisotopic (exact) mass is 291 g/mol. The van der Waals surface area contributed by atoms with Gasteiger partial charge in [-0.1, -0.05) is 24.3 Å². The van der Waals surface area contributed by atoms with Gasteiger partial charge < -0.3 is 15.8 Å². The van der Waals surface area contributed by atoms with Gasteiger partial charge in [0.25, 0.3) is 5.91 Å². The number of ether oxygens (including phenoxy) is 1. The van der Waals surface area contributed by atoms with Crippen LogP contribution in [0.1, 0.15) is 28.7 Å². The van der Waals surface area contributed by atoms with E-state index in [1.54, 1.807) is 13.0 Å². The molecule has 0 aliphatic rings. The number of carbonyl (C=O) groups is 1. The number of nitrogens with two attached hydrogens (primary N) is 1. The van der Waals surface area contributed by atoms with Gasteiger partial charge in [-0.25, -0.2) is 4.98 Å². The Bertz CT molecular complexity index is 610. The highest BCUT2D eigenvalue weighted by Crippen LogP contribution is 2.22. The lowest BCUT2D eigenvalue weighted by molar-refractivity contribution is 0.103.